The van der Waals surface area contributed by atoms with Gasteiger partial charge in [0.2, 0.25) is 0 Å². The number of oxime groups is 1. The predicted molar refractivity (Wildman–Crippen MR) is 115 cm³/mol. The first-order chi connectivity index (χ1) is 14.1. The van der Waals surface area contributed by atoms with Gasteiger partial charge in [0.25, 0.3) is 0 Å². The molecular formula is C23H29NO5. The molecule has 2 rings (SSSR count). The van der Waals surface area contributed by atoms with Crippen LogP contribution in [0.1, 0.15) is 18.1 Å². The number of benzene rings is 2. The van der Waals surface area contributed by atoms with Gasteiger partial charge in [0, 0.05) is 0 Å². The maximum atomic E-state index is 5.92. The Morgan fingerprint density at radius 3 is 2.00 bits per heavy atom. The molecule has 0 N–H and O–H groups in total. The minimum Gasteiger partial charge on any atom is -0.490 e. The lowest BCUT2D eigenvalue weighted by molar-refractivity contribution is 0.212. The summed E-state index contributed by atoms with van der Waals surface area (Å²) in [7, 11) is 1.49. The zero-order chi connectivity index (χ0) is 20.9. The van der Waals surface area contributed by atoms with Crippen molar-refractivity contribution in [2.24, 2.45) is 5.16 Å². The quantitative estimate of drug-likeness (QED) is 0.224. The molecule has 0 saturated carbocycles. The maximum absolute atomic E-state index is 5.92. The first-order valence-corrected chi connectivity index (χ1v) is 9.52. The van der Waals surface area contributed by atoms with Crippen LogP contribution < -0.4 is 18.9 Å². The molecule has 6 nitrogen and oxygen atoms in total. The van der Waals surface area contributed by atoms with Gasteiger partial charge in [0.1, 0.15) is 56.5 Å². The van der Waals surface area contributed by atoms with Crippen LogP contribution in [0, 0.1) is 13.8 Å². The van der Waals surface area contributed by atoms with E-state index in [1.165, 1.54) is 7.11 Å². The Balaban J connectivity index is 1.77. The molecule has 0 atom stereocenters. The van der Waals surface area contributed by atoms with E-state index in [0.717, 1.165) is 34.1 Å². The van der Waals surface area contributed by atoms with Crippen molar-refractivity contribution in [1.29, 1.82) is 0 Å². The van der Waals surface area contributed by atoms with Crippen LogP contribution >= 0.6 is 0 Å². The third-order valence-electron chi connectivity index (χ3n) is 3.94. The number of allylic oxidation sites excluding steroid dienone is 1. The average molecular weight is 399 g/mol. The molecule has 0 unspecified atom stereocenters. The summed E-state index contributed by atoms with van der Waals surface area (Å²) in [6.07, 6.45) is 5.49. The lowest BCUT2D eigenvalue weighted by Crippen LogP contribution is -2.10. The second-order valence-corrected chi connectivity index (χ2v) is 6.22. The smallest absolute Gasteiger partial charge is 0.127 e. The molecule has 2 aromatic rings. The van der Waals surface area contributed by atoms with Crippen molar-refractivity contribution < 1.29 is 23.8 Å². The number of nitrogens with zero attached hydrogens (tertiary/aromatic N) is 1. The summed E-state index contributed by atoms with van der Waals surface area (Å²) in [6, 6.07) is 11.4. The van der Waals surface area contributed by atoms with Gasteiger partial charge in [0.05, 0.1) is 6.21 Å². The summed E-state index contributed by atoms with van der Waals surface area (Å²) in [4.78, 5) is 4.57. The van der Waals surface area contributed by atoms with Crippen LogP contribution in [-0.2, 0) is 4.84 Å². The van der Waals surface area contributed by atoms with E-state index in [9.17, 15) is 0 Å². The average Bonchev–Trinajstić information content (AvgIpc) is 2.71. The lowest BCUT2D eigenvalue weighted by atomic mass is 10.1. The summed E-state index contributed by atoms with van der Waals surface area (Å²) in [6.45, 7) is 7.81. The number of aryl methyl sites for hydroxylation is 2. The van der Waals surface area contributed by atoms with E-state index in [-0.39, 0.29) is 0 Å². The highest BCUT2D eigenvalue weighted by Gasteiger charge is 2.07. The highest BCUT2D eigenvalue weighted by atomic mass is 16.6. The summed E-state index contributed by atoms with van der Waals surface area (Å²) < 4.78 is 22.9. The van der Waals surface area contributed by atoms with Gasteiger partial charge >= 0.3 is 0 Å². The molecule has 0 aliphatic carbocycles. The Bertz CT molecular complexity index is 776. The molecule has 6 heteroatoms. The molecule has 0 heterocycles. The van der Waals surface area contributed by atoms with Crippen LogP contribution in [0.15, 0.2) is 53.7 Å². The second kappa shape index (κ2) is 12.3. The standard InChI is InChI=1S/C23H29NO5/c1-5-6-12-26-22-16-18(2)23(19(3)17-22)29-15-14-28-21-9-7-20(8-10-21)27-13-11-24-25-4/h5-11,16-17H,12-15H2,1-4H3/b6-5+,24-11+. The van der Waals surface area contributed by atoms with Crippen molar-refractivity contribution >= 4 is 6.21 Å². The maximum Gasteiger partial charge on any atom is 0.127 e. The number of hydrogen-bond acceptors (Lipinski definition) is 6. The first-order valence-electron chi connectivity index (χ1n) is 9.52. The monoisotopic (exact) mass is 399 g/mol. The molecule has 0 fully saturated rings. The van der Waals surface area contributed by atoms with E-state index < -0.39 is 0 Å². The fourth-order valence-electron chi connectivity index (χ4n) is 2.64. The summed E-state index contributed by atoms with van der Waals surface area (Å²) in [5, 5.41) is 3.61. The van der Waals surface area contributed by atoms with Gasteiger partial charge in [-0.25, -0.2) is 0 Å². The molecule has 0 spiro atoms. The Hall–Kier alpha value is -3.15. The number of ether oxygens (including phenoxy) is 4. The number of rotatable bonds is 12. The van der Waals surface area contributed by atoms with Crippen LogP contribution in [0.5, 0.6) is 23.0 Å². The highest BCUT2D eigenvalue weighted by Crippen LogP contribution is 2.28. The largest absolute Gasteiger partial charge is 0.490 e. The van der Waals surface area contributed by atoms with Gasteiger partial charge in [0.15, 0.2) is 0 Å². The van der Waals surface area contributed by atoms with E-state index in [4.69, 9.17) is 18.9 Å². The normalized spacial score (nSPS) is 11.0. The van der Waals surface area contributed by atoms with E-state index in [1.54, 1.807) is 6.21 Å². The highest BCUT2D eigenvalue weighted by molar-refractivity contribution is 5.58. The summed E-state index contributed by atoms with van der Waals surface area (Å²) in [5.41, 5.74) is 2.08. The van der Waals surface area contributed by atoms with Crippen molar-refractivity contribution in [1.82, 2.24) is 0 Å². The minimum absolute atomic E-state index is 0.347. The molecule has 0 radical (unpaired) electrons. The van der Waals surface area contributed by atoms with Gasteiger partial charge in [-0.05, 0) is 68.3 Å². The molecular weight excluding hydrogens is 370 g/mol. The molecule has 0 saturated heterocycles. The fraction of sp³-hybridized carbons (Fsp3) is 0.348. The van der Waals surface area contributed by atoms with Gasteiger partial charge < -0.3 is 23.8 Å². The number of hydrogen-bond donors (Lipinski definition) is 0. The minimum atomic E-state index is 0.347. The van der Waals surface area contributed by atoms with E-state index in [1.807, 2.05) is 69.3 Å². The first kappa shape index (κ1) is 22.1. The lowest BCUT2D eigenvalue weighted by Gasteiger charge is -2.15. The van der Waals surface area contributed by atoms with Crippen LogP contribution in [-0.4, -0.2) is 39.8 Å². The van der Waals surface area contributed by atoms with Crippen molar-refractivity contribution in [2.45, 2.75) is 20.8 Å². The Morgan fingerprint density at radius 2 is 1.38 bits per heavy atom. The molecule has 0 aliphatic heterocycles. The third kappa shape index (κ3) is 7.78. The molecule has 156 valence electrons. The Morgan fingerprint density at radius 1 is 0.793 bits per heavy atom. The van der Waals surface area contributed by atoms with Gasteiger partial charge in [-0.3, -0.25) is 0 Å². The predicted octanol–water partition coefficient (Wildman–Crippen LogP) is 4.73. The molecule has 0 amide bonds. The van der Waals surface area contributed by atoms with Gasteiger partial charge in [-0.2, -0.15) is 0 Å². The van der Waals surface area contributed by atoms with Crippen molar-refractivity contribution in [2.75, 3.05) is 33.5 Å². The van der Waals surface area contributed by atoms with Crippen LogP contribution in [0.4, 0.5) is 0 Å². The molecule has 0 aromatic heterocycles. The van der Waals surface area contributed by atoms with Crippen LogP contribution in [0.3, 0.4) is 0 Å². The fourth-order valence-corrected chi connectivity index (χ4v) is 2.64. The summed E-state index contributed by atoms with van der Waals surface area (Å²) in [5.74, 6) is 3.21. The molecule has 2 aromatic carbocycles. The van der Waals surface area contributed by atoms with Crippen LogP contribution in [0.25, 0.3) is 0 Å². The van der Waals surface area contributed by atoms with E-state index in [2.05, 4.69) is 9.99 Å². The van der Waals surface area contributed by atoms with Gasteiger partial charge in [-0.15, -0.1) is 0 Å². The zero-order valence-electron chi connectivity index (χ0n) is 17.5. The molecule has 0 bridgehead atoms. The SMILES string of the molecule is C/C=C/COc1cc(C)c(OCCOc2ccc(OC/C=N/OC)cc2)c(C)c1. The second-order valence-electron chi connectivity index (χ2n) is 6.22. The van der Waals surface area contributed by atoms with Crippen molar-refractivity contribution in [3.8, 4) is 23.0 Å². The Labute approximate surface area is 172 Å². The third-order valence-corrected chi connectivity index (χ3v) is 3.94. The van der Waals surface area contributed by atoms with Crippen LogP contribution in [0.2, 0.25) is 0 Å². The zero-order valence-corrected chi connectivity index (χ0v) is 17.5. The van der Waals surface area contributed by atoms with E-state index in [0.29, 0.717) is 26.4 Å². The molecule has 0 aliphatic rings. The van der Waals surface area contributed by atoms with Crippen molar-refractivity contribution in [3.63, 3.8) is 0 Å². The topological polar surface area (TPSA) is 58.5 Å². The molecule has 29 heavy (non-hydrogen) atoms. The van der Waals surface area contributed by atoms with E-state index >= 15 is 0 Å². The van der Waals surface area contributed by atoms with Crippen molar-refractivity contribution in [3.05, 3.63) is 59.7 Å². The summed E-state index contributed by atoms with van der Waals surface area (Å²) >= 11 is 0. The van der Waals surface area contributed by atoms with Gasteiger partial charge in [-0.1, -0.05) is 17.3 Å². The Kier molecular flexibility index (Phi) is 9.42.